The van der Waals surface area contributed by atoms with Crippen LogP contribution in [0.3, 0.4) is 0 Å². The van der Waals surface area contributed by atoms with Gasteiger partial charge in [0.25, 0.3) is 0 Å². The van der Waals surface area contributed by atoms with E-state index >= 15 is 0 Å². The molecule has 0 spiro atoms. The van der Waals surface area contributed by atoms with Crippen LogP contribution in [0, 0.1) is 0 Å². The molecule has 2 amide bonds. The number of likely N-dealkylation sites (tertiary alicyclic amines) is 1. The fourth-order valence-electron chi connectivity index (χ4n) is 4.63. The first-order valence-electron chi connectivity index (χ1n) is 11.7. The average Bonchev–Trinajstić information content (AvgIpc) is 3.28. The van der Waals surface area contributed by atoms with E-state index in [1.165, 1.54) is 19.1 Å². The molecule has 0 unspecified atom stereocenters. The van der Waals surface area contributed by atoms with E-state index in [9.17, 15) is 22.8 Å². The summed E-state index contributed by atoms with van der Waals surface area (Å²) in [6.07, 6.45) is -2.14. The second-order valence-corrected chi connectivity index (χ2v) is 9.26. The third-order valence-electron chi connectivity index (χ3n) is 6.28. The highest BCUT2D eigenvalue weighted by atomic mass is 35.5. The predicted octanol–water partition coefficient (Wildman–Crippen LogP) is 5.24. The van der Waals surface area contributed by atoms with Crippen LogP contribution in [0.1, 0.15) is 32.6 Å². The van der Waals surface area contributed by atoms with Gasteiger partial charge in [0.05, 0.1) is 17.3 Å². The normalized spacial score (nSPS) is 20.2. The van der Waals surface area contributed by atoms with E-state index < -0.39 is 12.4 Å². The number of alkyl halides is 3. The van der Waals surface area contributed by atoms with Crippen molar-refractivity contribution in [3.8, 4) is 11.5 Å². The second-order valence-electron chi connectivity index (χ2n) is 8.85. The molecule has 2 fully saturated rings. The number of ether oxygens (including phenoxy) is 2. The number of carbonyl (C=O) groups excluding carboxylic acids is 2. The van der Waals surface area contributed by atoms with Crippen LogP contribution in [0.5, 0.6) is 11.5 Å². The number of nitrogens with one attached hydrogen (secondary N) is 1. The number of benzene rings is 2. The molecule has 0 bridgehead atoms. The van der Waals surface area contributed by atoms with E-state index in [0.29, 0.717) is 54.6 Å². The van der Waals surface area contributed by atoms with Crippen LogP contribution >= 0.6 is 11.6 Å². The van der Waals surface area contributed by atoms with E-state index in [-0.39, 0.29) is 23.7 Å². The van der Waals surface area contributed by atoms with Crippen LogP contribution in [-0.2, 0) is 9.59 Å². The summed E-state index contributed by atoms with van der Waals surface area (Å²) in [6, 6.07) is 10.4. The second kappa shape index (κ2) is 10.9. The van der Waals surface area contributed by atoms with Gasteiger partial charge in [0.2, 0.25) is 11.8 Å². The Morgan fingerprint density at radius 1 is 1.06 bits per heavy atom. The number of para-hydroxylation sites is 2. The standard InChI is InChI=1S/C25H27ClF3N3O4/c1-16(33)32-12-5-4-7-21(32)24(34)30-17-9-10-22(19(26)14-17)35-18-11-13-31(15-18)20-6-2-3-8-23(20)36-25(27,28)29/h2-3,6,8-10,14,18,21H,4-5,7,11-13,15H2,1H3,(H,30,34)/t18-,21+/m0/s1. The van der Waals surface area contributed by atoms with E-state index in [2.05, 4.69) is 10.1 Å². The number of anilines is 2. The lowest BCUT2D eigenvalue weighted by molar-refractivity contribution is -0.274. The van der Waals surface area contributed by atoms with Crippen LogP contribution in [0.2, 0.25) is 5.02 Å². The van der Waals surface area contributed by atoms with Gasteiger partial charge < -0.3 is 24.6 Å². The van der Waals surface area contributed by atoms with Gasteiger partial charge in [0, 0.05) is 32.1 Å². The van der Waals surface area contributed by atoms with Gasteiger partial charge in [-0.05, 0) is 49.6 Å². The summed E-state index contributed by atoms with van der Waals surface area (Å²) in [4.78, 5) is 28.0. The van der Waals surface area contributed by atoms with Crippen LogP contribution in [0.4, 0.5) is 24.5 Å². The maximum Gasteiger partial charge on any atom is 0.573 e. The number of hydrogen-bond acceptors (Lipinski definition) is 5. The first kappa shape index (κ1) is 25.9. The topological polar surface area (TPSA) is 71.1 Å². The summed E-state index contributed by atoms with van der Waals surface area (Å²) in [6.45, 7) is 2.87. The third-order valence-corrected chi connectivity index (χ3v) is 6.57. The van der Waals surface area contributed by atoms with Crippen molar-refractivity contribution in [2.24, 2.45) is 0 Å². The van der Waals surface area contributed by atoms with Crippen molar-refractivity contribution < 1.29 is 32.2 Å². The van der Waals surface area contributed by atoms with E-state index in [4.69, 9.17) is 16.3 Å². The summed E-state index contributed by atoms with van der Waals surface area (Å²) in [7, 11) is 0. The van der Waals surface area contributed by atoms with Crippen LogP contribution in [0.25, 0.3) is 0 Å². The largest absolute Gasteiger partial charge is 0.573 e. The lowest BCUT2D eigenvalue weighted by Crippen LogP contribution is -2.49. The summed E-state index contributed by atoms with van der Waals surface area (Å²) >= 11 is 6.41. The maximum absolute atomic E-state index is 12.8. The minimum atomic E-state index is -4.78. The van der Waals surface area contributed by atoms with Crippen molar-refractivity contribution in [3.63, 3.8) is 0 Å². The summed E-state index contributed by atoms with van der Waals surface area (Å²) in [5.41, 5.74) is 0.824. The van der Waals surface area contributed by atoms with Gasteiger partial charge in [0.1, 0.15) is 17.9 Å². The zero-order valence-electron chi connectivity index (χ0n) is 19.7. The van der Waals surface area contributed by atoms with Crippen molar-refractivity contribution in [3.05, 3.63) is 47.5 Å². The molecule has 194 valence electrons. The van der Waals surface area contributed by atoms with Gasteiger partial charge in [-0.25, -0.2) is 0 Å². The predicted molar refractivity (Wildman–Crippen MR) is 129 cm³/mol. The molecular formula is C25H27ClF3N3O4. The van der Waals surface area contributed by atoms with Crippen molar-refractivity contribution in [1.29, 1.82) is 0 Å². The Labute approximate surface area is 212 Å². The lowest BCUT2D eigenvalue weighted by Gasteiger charge is -2.33. The summed E-state index contributed by atoms with van der Waals surface area (Å²) in [5.74, 6) is -0.245. The van der Waals surface area contributed by atoms with Gasteiger partial charge >= 0.3 is 6.36 Å². The molecule has 0 aromatic heterocycles. The highest BCUT2D eigenvalue weighted by Gasteiger charge is 2.34. The highest BCUT2D eigenvalue weighted by molar-refractivity contribution is 6.32. The molecule has 36 heavy (non-hydrogen) atoms. The van der Waals surface area contributed by atoms with E-state index in [1.54, 1.807) is 40.1 Å². The van der Waals surface area contributed by atoms with Gasteiger partial charge in [0.15, 0.2) is 5.75 Å². The first-order valence-corrected chi connectivity index (χ1v) is 12.1. The molecular weight excluding hydrogens is 499 g/mol. The monoisotopic (exact) mass is 525 g/mol. The molecule has 2 saturated heterocycles. The highest BCUT2D eigenvalue weighted by Crippen LogP contribution is 2.36. The average molecular weight is 526 g/mol. The molecule has 2 aliphatic rings. The molecule has 7 nitrogen and oxygen atoms in total. The lowest BCUT2D eigenvalue weighted by atomic mass is 10.0. The zero-order valence-corrected chi connectivity index (χ0v) is 20.4. The number of piperidine rings is 1. The Morgan fingerprint density at radius 2 is 1.83 bits per heavy atom. The van der Waals surface area contributed by atoms with Crippen LogP contribution < -0.4 is 19.7 Å². The number of carbonyl (C=O) groups is 2. The zero-order chi connectivity index (χ0) is 25.9. The van der Waals surface area contributed by atoms with Crippen LogP contribution in [0.15, 0.2) is 42.5 Å². The number of halogens is 4. The van der Waals surface area contributed by atoms with Crippen molar-refractivity contribution >= 4 is 34.8 Å². The number of amides is 2. The van der Waals surface area contributed by atoms with Crippen LogP contribution in [-0.4, -0.2) is 54.9 Å². The molecule has 2 aromatic carbocycles. The first-order chi connectivity index (χ1) is 17.1. The van der Waals surface area contributed by atoms with Gasteiger partial charge in [-0.2, -0.15) is 0 Å². The minimum absolute atomic E-state index is 0.130. The molecule has 0 radical (unpaired) electrons. The molecule has 0 saturated carbocycles. The Morgan fingerprint density at radius 3 is 2.56 bits per heavy atom. The Bertz CT molecular complexity index is 1110. The molecule has 1 N–H and O–H groups in total. The molecule has 2 atom stereocenters. The molecule has 11 heteroatoms. The Hall–Kier alpha value is -3.14. The van der Waals surface area contributed by atoms with Crippen molar-refractivity contribution in [2.45, 2.75) is 51.1 Å². The molecule has 2 aliphatic heterocycles. The van der Waals surface area contributed by atoms with Crippen molar-refractivity contribution in [2.75, 3.05) is 29.9 Å². The third kappa shape index (κ3) is 6.34. The number of rotatable bonds is 6. The van der Waals surface area contributed by atoms with Crippen molar-refractivity contribution in [1.82, 2.24) is 4.90 Å². The number of nitrogens with zero attached hydrogens (tertiary/aromatic N) is 2. The summed E-state index contributed by atoms with van der Waals surface area (Å²) in [5, 5.41) is 3.12. The van der Waals surface area contributed by atoms with Gasteiger partial charge in [-0.1, -0.05) is 23.7 Å². The molecule has 2 heterocycles. The molecule has 4 rings (SSSR count). The minimum Gasteiger partial charge on any atom is -0.487 e. The molecule has 2 aromatic rings. The number of hydrogen-bond donors (Lipinski definition) is 1. The van der Waals surface area contributed by atoms with E-state index in [0.717, 1.165) is 12.8 Å². The SMILES string of the molecule is CC(=O)N1CCCC[C@@H]1C(=O)Nc1ccc(O[C@H]2CCN(c3ccccc3OC(F)(F)F)C2)c(Cl)c1. The Kier molecular flexibility index (Phi) is 7.82. The Balaban J connectivity index is 1.37. The smallest absolute Gasteiger partial charge is 0.487 e. The van der Waals surface area contributed by atoms with Gasteiger partial charge in [-0.15, -0.1) is 13.2 Å². The quantitative estimate of drug-likeness (QED) is 0.559. The molecule has 0 aliphatic carbocycles. The fourth-order valence-corrected chi connectivity index (χ4v) is 4.86. The fraction of sp³-hybridized carbons (Fsp3) is 0.440. The van der Waals surface area contributed by atoms with Gasteiger partial charge in [-0.3, -0.25) is 9.59 Å². The van der Waals surface area contributed by atoms with E-state index in [1.807, 2.05) is 0 Å². The summed E-state index contributed by atoms with van der Waals surface area (Å²) < 4.78 is 48.5. The maximum atomic E-state index is 12.8.